The highest BCUT2D eigenvalue weighted by Crippen LogP contribution is 2.36. The molecule has 0 bridgehead atoms. The van der Waals surface area contributed by atoms with Crippen LogP contribution in [-0.2, 0) is 26.2 Å². The van der Waals surface area contributed by atoms with E-state index in [-0.39, 0.29) is 41.2 Å². The minimum atomic E-state index is -4.29. The van der Waals surface area contributed by atoms with Gasteiger partial charge in [-0.05, 0) is 61.7 Å². The first-order valence-electron chi connectivity index (χ1n) is 13.7. The lowest BCUT2D eigenvalue weighted by atomic mass is 10.1. The maximum absolute atomic E-state index is 14.2. The summed E-state index contributed by atoms with van der Waals surface area (Å²) >= 11 is 0. The van der Waals surface area contributed by atoms with Gasteiger partial charge in [-0.25, -0.2) is 12.8 Å². The van der Waals surface area contributed by atoms with Gasteiger partial charge in [0, 0.05) is 18.7 Å². The van der Waals surface area contributed by atoms with Gasteiger partial charge in [-0.3, -0.25) is 13.9 Å². The van der Waals surface area contributed by atoms with Crippen molar-refractivity contribution < 1.29 is 31.9 Å². The minimum Gasteiger partial charge on any atom is -0.497 e. The summed E-state index contributed by atoms with van der Waals surface area (Å²) in [6.07, 6.45) is 0.954. The van der Waals surface area contributed by atoms with E-state index in [9.17, 15) is 22.4 Å². The van der Waals surface area contributed by atoms with Crippen LogP contribution in [0.15, 0.2) is 77.7 Å². The molecular formula is C31H38FN3O6S. The van der Waals surface area contributed by atoms with Gasteiger partial charge in [0.2, 0.25) is 11.8 Å². The molecule has 1 N–H and O–H groups in total. The van der Waals surface area contributed by atoms with Crippen molar-refractivity contribution in [1.82, 2.24) is 10.2 Å². The molecule has 42 heavy (non-hydrogen) atoms. The molecule has 0 aromatic heterocycles. The Morgan fingerprint density at radius 2 is 1.60 bits per heavy atom. The van der Waals surface area contributed by atoms with E-state index in [1.54, 1.807) is 37.3 Å². The number of hydrogen-bond acceptors (Lipinski definition) is 6. The minimum absolute atomic E-state index is 0.0330. The lowest BCUT2D eigenvalue weighted by Gasteiger charge is -2.34. The number of nitrogens with one attached hydrogen (secondary N) is 1. The molecule has 0 heterocycles. The summed E-state index contributed by atoms with van der Waals surface area (Å²) in [5, 5.41) is 2.92. The number of halogens is 1. The maximum Gasteiger partial charge on any atom is 0.264 e. The third kappa shape index (κ3) is 7.79. The standard InChI is InChI=1S/C31H38FN3O6S/c1-6-22(3)33-31(37)27(7-2)34(20-23-13-15-24(32)16-14-23)30(36)21-35(42(38,39)26-11-9-8-10-12-26)28-19-25(40-4)17-18-29(28)41-5/h8-19,22,27H,6-7,20-21H2,1-5H3,(H,33,37)/t22-,27-/m1/s1. The Labute approximate surface area is 247 Å². The predicted octanol–water partition coefficient (Wildman–Crippen LogP) is 4.76. The van der Waals surface area contributed by atoms with Gasteiger partial charge >= 0.3 is 0 Å². The average molecular weight is 600 g/mol. The molecule has 0 fully saturated rings. The van der Waals surface area contributed by atoms with Crippen LogP contribution in [0.3, 0.4) is 0 Å². The Hall–Kier alpha value is -4.12. The second-order valence-corrected chi connectivity index (χ2v) is 11.6. The molecule has 3 rings (SSSR count). The summed E-state index contributed by atoms with van der Waals surface area (Å²) in [4.78, 5) is 28.8. The van der Waals surface area contributed by atoms with Gasteiger partial charge in [-0.15, -0.1) is 0 Å². The fourth-order valence-electron chi connectivity index (χ4n) is 4.37. The van der Waals surface area contributed by atoms with Crippen molar-refractivity contribution in [2.24, 2.45) is 0 Å². The Balaban J connectivity index is 2.13. The number of ether oxygens (including phenoxy) is 2. The van der Waals surface area contributed by atoms with Gasteiger partial charge in [0.05, 0.1) is 24.8 Å². The van der Waals surface area contributed by atoms with Crippen molar-refractivity contribution in [1.29, 1.82) is 0 Å². The largest absolute Gasteiger partial charge is 0.497 e. The second-order valence-electron chi connectivity index (χ2n) is 9.75. The van der Waals surface area contributed by atoms with Crippen molar-refractivity contribution in [2.75, 3.05) is 25.1 Å². The van der Waals surface area contributed by atoms with Crippen LogP contribution >= 0.6 is 0 Å². The molecule has 0 saturated heterocycles. The SMILES string of the molecule is CC[C@@H](C)NC(=O)[C@@H](CC)N(Cc1ccc(F)cc1)C(=O)CN(c1cc(OC)ccc1OC)S(=O)(=O)c1ccccc1. The Morgan fingerprint density at radius 1 is 0.929 bits per heavy atom. The maximum atomic E-state index is 14.2. The van der Waals surface area contributed by atoms with Crippen LogP contribution in [0.1, 0.15) is 39.2 Å². The van der Waals surface area contributed by atoms with E-state index in [1.807, 2.05) is 13.8 Å². The van der Waals surface area contributed by atoms with Crippen LogP contribution in [0, 0.1) is 5.82 Å². The molecule has 0 aliphatic rings. The first-order valence-corrected chi connectivity index (χ1v) is 15.1. The summed E-state index contributed by atoms with van der Waals surface area (Å²) in [6.45, 7) is 4.88. The van der Waals surface area contributed by atoms with E-state index in [0.29, 0.717) is 17.7 Å². The molecule has 3 aromatic rings. The molecule has 0 unspecified atom stereocenters. The molecule has 11 heteroatoms. The summed E-state index contributed by atoms with van der Waals surface area (Å²) in [5.41, 5.74) is 0.670. The monoisotopic (exact) mass is 599 g/mol. The quantitative estimate of drug-likeness (QED) is 0.287. The van der Waals surface area contributed by atoms with Crippen molar-refractivity contribution in [2.45, 2.75) is 57.1 Å². The van der Waals surface area contributed by atoms with E-state index >= 15 is 0 Å². The van der Waals surface area contributed by atoms with E-state index < -0.39 is 34.3 Å². The molecule has 0 aliphatic carbocycles. The number of sulfonamides is 1. The number of hydrogen-bond donors (Lipinski definition) is 1. The molecule has 226 valence electrons. The number of amides is 2. The highest BCUT2D eigenvalue weighted by atomic mass is 32.2. The zero-order valence-electron chi connectivity index (χ0n) is 24.5. The average Bonchev–Trinajstić information content (AvgIpc) is 3.00. The fraction of sp³-hybridized carbons (Fsp3) is 0.355. The molecule has 0 radical (unpaired) electrons. The van der Waals surface area contributed by atoms with Gasteiger partial charge in [-0.1, -0.05) is 44.2 Å². The van der Waals surface area contributed by atoms with Crippen LogP contribution in [0.25, 0.3) is 0 Å². The number of rotatable bonds is 14. The molecular weight excluding hydrogens is 561 g/mol. The lowest BCUT2D eigenvalue weighted by Crippen LogP contribution is -2.53. The zero-order chi connectivity index (χ0) is 30.9. The third-order valence-corrected chi connectivity index (χ3v) is 8.69. The molecule has 0 aliphatic heterocycles. The summed E-state index contributed by atoms with van der Waals surface area (Å²) < 4.78 is 53.5. The van der Waals surface area contributed by atoms with Crippen molar-refractivity contribution >= 4 is 27.5 Å². The fourth-order valence-corrected chi connectivity index (χ4v) is 5.81. The van der Waals surface area contributed by atoms with Crippen molar-refractivity contribution in [3.8, 4) is 11.5 Å². The second kappa shape index (κ2) is 14.7. The van der Waals surface area contributed by atoms with Gasteiger partial charge in [0.25, 0.3) is 10.0 Å². The third-order valence-electron chi connectivity index (χ3n) is 6.92. The topological polar surface area (TPSA) is 105 Å². The van der Waals surface area contributed by atoms with Crippen LogP contribution in [0.4, 0.5) is 10.1 Å². The predicted molar refractivity (Wildman–Crippen MR) is 159 cm³/mol. The highest BCUT2D eigenvalue weighted by molar-refractivity contribution is 7.92. The van der Waals surface area contributed by atoms with Crippen LogP contribution in [-0.4, -0.2) is 58.0 Å². The lowest BCUT2D eigenvalue weighted by molar-refractivity contribution is -0.140. The van der Waals surface area contributed by atoms with E-state index in [1.165, 1.54) is 61.6 Å². The summed E-state index contributed by atoms with van der Waals surface area (Å²) in [7, 11) is -1.45. The first kappa shape index (κ1) is 32.4. The number of carbonyl (C=O) groups is 2. The number of anilines is 1. The van der Waals surface area contributed by atoms with Gasteiger partial charge < -0.3 is 19.7 Å². The van der Waals surface area contributed by atoms with Crippen LogP contribution < -0.4 is 19.1 Å². The number of nitrogens with zero attached hydrogens (tertiary/aromatic N) is 2. The number of methoxy groups -OCH3 is 2. The van der Waals surface area contributed by atoms with E-state index in [0.717, 1.165) is 4.31 Å². The van der Waals surface area contributed by atoms with Gasteiger partial charge in [0.15, 0.2) is 0 Å². The molecule has 2 atom stereocenters. The van der Waals surface area contributed by atoms with Gasteiger partial charge in [-0.2, -0.15) is 0 Å². The van der Waals surface area contributed by atoms with Crippen LogP contribution in [0.2, 0.25) is 0 Å². The van der Waals surface area contributed by atoms with Crippen molar-refractivity contribution in [3.63, 3.8) is 0 Å². The highest BCUT2D eigenvalue weighted by Gasteiger charge is 2.35. The smallest absolute Gasteiger partial charge is 0.264 e. The molecule has 0 saturated carbocycles. The van der Waals surface area contributed by atoms with Gasteiger partial charge in [0.1, 0.15) is 29.9 Å². The van der Waals surface area contributed by atoms with Crippen molar-refractivity contribution in [3.05, 3.63) is 84.2 Å². The summed E-state index contributed by atoms with van der Waals surface area (Å²) in [6, 6.07) is 16.9. The molecule has 0 spiro atoms. The molecule has 9 nitrogen and oxygen atoms in total. The summed E-state index contributed by atoms with van der Waals surface area (Å²) in [5.74, 6) is -0.874. The Bertz CT molecular complexity index is 1450. The Morgan fingerprint density at radius 3 is 2.17 bits per heavy atom. The molecule has 3 aromatic carbocycles. The van der Waals surface area contributed by atoms with E-state index in [4.69, 9.17) is 9.47 Å². The zero-order valence-corrected chi connectivity index (χ0v) is 25.4. The normalized spacial score (nSPS) is 12.6. The first-order chi connectivity index (χ1) is 20.0. The number of benzene rings is 3. The van der Waals surface area contributed by atoms with Crippen LogP contribution in [0.5, 0.6) is 11.5 Å². The van der Waals surface area contributed by atoms with E-state index in [2.05, 4.69) is 5.32 Å². The molecule has 2 amide bonds. The number of carbonyl (C=O) groups excluding carboxylic acids is 2. The Kier molecular flexibility index (Phi) is 11.3.